The molecule has 0 saturated carbocycles. The number of likely N-dealkylation sites (tertiary alicyclic amines) is 1. The molecule has 1 saturated heterocycles. The van der Waals surface area contributed by atoms with Crippen LogP contribution in [0.3, 0.4) is 0 Å². The van der Waals surface area contributed by atoms with Crippen LogP contribution in [0.25, 0.3) is 0 Å². The van der Waals surface area contributed by atoms with Crippen molar-refractivity contribution in [2.45, 2.75) is 25.8 Å². The SMILES string of the molecule is CCOC(=O)c1ccc(N2C(=O)C=C(N3CCC(Nc4ccc(F)cc4)CC3)C2=O)cc1. The number of imide groups is 1. The molecular formula is C24H24FN3O4. The number of carbonyl (C=O) groups excluding carboxylic acids is 3. The fourth-order valence-corrected chi connectivity index (χ4v) is 3.94. The lowest BCUT2D eigenvalue weighted by Gasteiger charge is -2.34. The van der Waals surface area contributed by atoms with Gasteiger partial charge < -0.3 is 15.0 Å². The Morgan fingerprint density at radius 3 is 2.34 bits per heavy atom. The molecule has 32 heavy (non-hydrogen) atoms. The van der Waals surface area contributed by atoms with Crippen molar-refractivity contribution >= 4 is 29.2 Å². The Morgan fingerprint density at radius 1 is 1.06 bits per heavy atom. The Morgan fingerprint density at radius 2 is 1.72 bits per heavy atom. The summed E-state index contributed by atoms with van der Waals surface area (Å²) in [4.78, 5) is 40.4. The molecule has 2 heterocycles. The molecule has 1 N–H and O–H groups in total. The van der Waals surface area contributed by atoms with Crippen molar-refractivity contribution in [2.75, 3.05) is 29.9 Å². The minimum absolute atomic E-state index is 0.205. The second-order valence-corrected chi connectivity index (χ2v) is 7.69. The van der Waals surface area contributed by atoms with E-state index in [0.717, 1.165) is 23.4 Å². The Labute approximate surface area is 185 Å². The minimum atomic E-state index is -0.450. The number of piperidine rings is 1. The Balaban J connectivity index is 1.37. The Bertz CT molecular complexity index is 1040. The van der Waals surface area contributed by atoms with Gasteiger partial charge >= 0.3 is 5.97 Å². The topological polar surface area (TPSA) is 79.0 Å². The summed E-state index contributed by atoms with van der Waals surface area (Å²) < 4.78 is 18.0. The third kappa shape index (κ3) is 4.49. The van der Waals surface area contributed by atoms with E-state index in [1.807, 2.05) is 4.90 Å². The highest BCUT2D eigenvalue weighted by molar-refractivity contribution is 6.30. The number of hydrogen-bond acceptors (Lipinski definition) is 6. The maximum absolute atomic E-state index is 13.1. The summed E-state index contributed by atoms with van der Waals surface area (Å²) in [5, 5.41) is 3.38. The van der Waals surface area contributed by atoms with Crippen molar-refractivity contribution in [3.8, 4) is 0 Å². The van der Waals surface area contributed by atoms with Gasteiger partial charge in [0.15, 0.2) is 0 Å². The quantitative estimate of drug-likeness (QED) is 0.552. The summed E-state index contributed by atoms with van der Waals surface area (Å²) in [7, 11) is 0. The normalized spacial score (nSPS) is 16.9. The standard InChI is InChI=1S/C24H24FN3O4/c1-2-32-24(31)16-3-9-20(10-4-16)28-22(29)15-21(23(28)30)27-13-11-19(12-14-27)26-18-7-5-17(25)6-8-18/h3-10,15,19,26H,2,11-14H2,1H3. The van der Waals surface area contributed by atoms with Gasteiger partial charge in [0.25, 0.3) is 11.8 Å². The third-order valence-electron chi connectivity index (χ3n) is 5.59. The van der Waals surface area contributed by atoms with E-state index < -0.39 is 11.9 Å². The fraction of sp³-hybridized carbons (Fsp3) is 0.292. The molecule has 166 valence electrons. The number of nitrogens with zero attached hydrogens (tertiary/aromatic N) is 2. The molecule has 2 aromatic carbocycles. The predicted molar refractivity (Wildman–Crippen MR) is 118 cm³/mol. The smallest absolute Gasteiger partial charge is 0.338 e. The van der Waals surface area contributed by atoms with Crippen LogP contribution in [0.2, 0.25) is 0 Å². The van der Waals surface area contributed by atoms with Crippen molar-refractivity contribution in [1.29, 1.82) is 0 Å². The van der Waals surface area contributed by atoms with Gasteiger partial charge in [0, 0.05) is 30.9 Å². The van der Waals surface area contributed by atoms with Crippen LogP contribution in [-0.2, 0) is 14.3 Å². The highest BCUT2D eigenvalue weighted by atomic mass is 19.1. The molecule has 0 unspecified atom stereocenters. The molecule has 0 aliphatic carbocycles. The number of rotatable bonds is 6. The van der Waals surface area contributed by atoms with Crippen LogP contribution >= 0.6 is 0 Å². The van der Waals surface area contributed by atoms with Gasteiger partial charge in [-0.15, -0.1) is 0 Å². The number of ether oxygens (including phenoxy) is 1. The third-order valence-corrected chi connectivity index (χ3v) is 5.59. The number of esters is 1. The first kappa shape index (κ1) is 21.5. The molecule has 0 bridgehead atoms. The van der Waals surface area contributed by atoms with Crippen molar-refractivity contribution in [3.63, 3.8) is 0 Å². The van der Waals surface area contributed by atoms with Gasteiger partial charge in [0.05, 0.1) is 17.9 Å². The summed E-state index contributed by atoms with van der Waals surface area (Å²) in [6, 6.07) is 12.7. The molecule has 0 spiro atoms. The molecule has 2 aliphatic rings. The van der Waals surface area contributed by atoms with Gasteiger partial charge in [-0.25, -0.2) is 14.1 Å². The summed E-state index contributed by atoms with van der Waals surface area (Å²) >= 11 is 0. The number of halogens is 1. The van der Waals surface area contributed by atoms with E-state index in [9.17, 15) is 18.8 Å². The number of amides is 2. The minimum Gasteiger partial charge on any atom is -0.462 e. The first-order valence-corrected chi connectivity index (χ1v) is 10.6. The lowest BCUT2D eigenvalue weighted by Crippen LogP contribution is -2.41. The van der Waals surface area contributed by atoms with E-state index in [1.54, 1.807) is 43.3 Å². The number of benzene rings is 2. The van der Waals surface area contributed by atoms with Crippen molar-refractivity contribution in [3.05, 3.63) is 71.7 Å². The van der Waals surface area contributed by atoms with E-state index >= 15 is 0 Å². The second-order valence-electron chi connectivity index (χ2n) is 7.69. The van der Waals surface area contributed by atoms with Crippen LogP contribution in [-0.4, -0.2) is 48.4 Å². The maximum atomic E-state index is 13.1. The van der Waals surface area contributed by atoms with Gasteiger partial charge in [0.1, 0.15) is 11.5 Å². The lowest BCUT2D eigenvalue weighted by molar-refractivity contribution is -0.121. The summed E-state index contributed by atoms with van der Waals surface area (Å²) in [6.07, 6.45) is 2.93. The van der Waals surface area contributed by atoms with E-state index in [1.165, 1.54) is 18.2 Å². The van der Waals surface area contributed by atoms with E-state index in [-0.39, 0.29) is 24.4 Å². The molecule has 2 aromatic rings. The zero-order valence-electron chi connectivity index (χ0n) is 17.7. The van der Waals surface area contributed by atoms with Gasteiger partial charge in [-0.3, -0.25) is 9.59 Å². The van der Waals surface area contributed by atoms with Gasteiger partial charge in [0.2, 0.25) is 0 Å². The maximum Gasteiger partial charge on any atom is 0.338 e. The number of nitrogens with one attached hydrogen (secondary N) is 1. The molecule has 2 amide bonds. The average Bonchev–Trinajstić information content (AvgIpc) is 3.10. The molecule has 7 nitrogen and oxygen atoms in total. The number of hydrogen-bond donors (Lipinski definition) is 1. The van der Waals surface area contributed by atoms with Gasteiger partial charge in [-0.05, 0) is 68.3 Å². The molecule has 0 radical (unpaired) electrons. The fourth-order valence-electron chi connectivity index (χ4n) is 3.94. The predicted octanol–water partition coefficient (Wildman–Crippen LogP) is 3.34. The Hall–Kier alpha value is -3.68. The van der Waals surface area contributed by atoms with Gasteiger partial charge in [-0.1, -0.05) is 0 Å². The van der Waals surface area contributed by atoms with Crippen LogP contribution < -0.4 is 10.2 Å². The first-order chi connectivity index (χ1) is 15.5. The van der Waals surface area contributed by atoms with Crippen molar-refractivity contribution < 1.29 is 23.5 Å². The molecule has 1 fully saturated rings. The van der Waals surface area contributed by atoms with Crippen LogP contribution in [0.5, 0.6) is 0 Å². The highest BCUT2D eigenvalue weighted by Crippen LogP contribution is 2.27. The molecule has 8 heteroatoms. The zero-order valence-corrected chi connectivity index (χ0v) is 17.7. The summed E-state index contributed by atoms with van der Waals surface area (Å²) in [5.41, 5.74) is 2.00. The second kappa shape index (κ2) is 9.21. The molecule has 0 atom stereocenters. The van der Waals surface area contributed by atoms with Crippen LogP contribution in [0, 0.1) is 5.82 Å². The number of anilines is 2. The molecular weight excluding hydrogens is 413 g/mol. The van der Waals surface area contributed by atoms with E-state index in [4.69, 9.17) is 4.74 Å². The average molecular weight is 437 g/mol. The summed E-state index contributed by atoms with van der Waals surface area (Å²) in [5.74, 6) is -1.50. The summed E-state index contributed by atoms with van der Waals surface area (Å²) in [6.45, 7) is 3.24. The lowest BCUT2D eigenvalue weighted by atomic mass is 10.0. The van der Waals surface area contributed by atoms with Crippen LogP contribution in [0.1, 0.15) is 30.1 Å². The van der Waals surface area contributed by atoms with Gasteiger partial charge in [-0.2, -0.15) is 0 Å². The zero-order chi connectivity index (χ0) is 22.7. The van der Waals surface area contributed by atoms with E-state index in [2.05, 4.69) is 5.32 Å². The van der Waals surface area contributed by atoms with Crippen LogP contribution in [0.15, 0.2) is 60.3 Å². The van der Waals surface area contributed by atoms with E-state index in [0.29, 0.717) is 30.0 Å². The number of carbonyl (C=O) groups is 3. The monoisotopic (exact) mass is 437 g/mol. The van der Waals surface area contributed by atoms with Crippen LogP contribution in [0.4, 0.5) is 15.8 Å². The molecule has 2 aliphatic heterocycles. The Kier molecular flexibility index (Phi) is 6.20. The first-order valence-electron chi connectivity index (χ1n) is 10.6. The highest BCUT2D eigenvalue weighted by Gasteiger charge is 2.36. The van der Waals surface area contributed by atoms with Crippen molar-refractivity contribution in [2.24, 2.45) is 0 Å². The molecule has 4 rings (SSSR count). The largest absolute Gasteiger partial charge is 0.462 e. The molecule has 0 aromatic heterocycles. The van der Waals surface area contributed by atoms with Crippen molar-refractivity contribution in [1.82, 2.24) is 4.90 Å².